The SMILES string of the molecule is CCCC1CCN(C(=O)c2cnc(C)cc2NC)CC1. The number of carbonyl (C=O) groups excluding carboxylic acids is 1. The van der Waals surface area contributed by atoms with Crippen LogP contribution in [0, 0.1) is 12.8 Å². The third-order valence-electron chi connectivity index (χ3n) is 4.14. The monoisotopic (exact) mass is 275 g/mol. The molecule has 1 N–H and O–H groups in total. The van der Waals surface area contributed by atoms with E-state index < -0.39 is 0 Å². The highest BCUT2D eigenvalue weighted by molar-refractivity contribution is 5.99. The smallest absolute Gasteiger partial charge is 0.257 e. The maximum absolute atomic E-state index is 12.6. The zero-order chi connectivity index (χ0) is 14.5. The molecule has 0 unspecified atom stereocenters. The van der Waals surface area contributed by atoms with E-state index in [4.69, 9.17) is 0 Å². The van der Waals surface area contributed by atoms with Gasteiger partial charge in [0.05, 0.1) is 11.3 Å². The van der Waals surface area contributed by atoms with Crippen molar-refractivity contribution in [2.75, 3.05) is 25.5 Å². The summed E-state index contributed by atoms with van der Waals surface area (Å²) in [5.74, 6) is 0.903. The van der Waals surface area contributed by atoms with E-state index in [1.165, 1.54) is 12.8 Å². The molecule has 2 rings (SSSR count). The largest absolute Gasteiger partial charge is 0.387 e. The average Bonchev–Trinajstić information content (AvgIpc) is 2.47. The molecule has 110 valence electrons. The van der Waals surface area contributed by atoms with E-state index in [9.17, 15) is 4.79 Å². The second kappa shape index (κ2) is 6.73. The summed E-state index contributed by atoms with van der Waals surface area (Å²) in [6, 6.07) is 1.93. The van der Waals surface area contributed by atoms with E-state index >= 15 is 0 Å². The molecule has 0 aliphatic carbocycles. The number of likely N-dealkylation sites (tertiary alicyclic amines) is 1. The maximum Gasteiger partial charge on any atom is 0.257 e. The van der Waals surface area contributed by atoms with E-state index in [1.54, 1.807) is 6.20 Å². The molecule has 0 atom stereocenters. The molecule has 0 bridgehead atoms. The van der Waals surface area contributed by atoms with Crippen molar-refractivity contribution in [3.63, 3.8) is 0 Å². The minimum Gasteiger partial charge on any atom is -0.387 e. The standard InChI is InChI=1S/C16H25N3O/c1-4-5-13-6-8-19(9-7-13)16(20)14-11-18-12(2)10-15(14)17-3/h10-11,13H,4-9H2,1-3H3,(H,17,18). The number of nitrogens with one attached hydrogen (secondary N) is 1. The predicted octanol–water partition coefficient (Wildman–Crippen LogP) is 3.08. The van der Waals surface area contributed by atoms with Crippen molar-refractivity contribution in [1.29, 1.82) is 0 Å². The van der Waals surface area contributed by atoms with E-state index in [0.717, 1.165) is 43.2 Å². The first kappa shape index (κ1) is 14.8. The van der Waals surface area contributed by atoms with Gasteiger partial charge in [0.25, 0.3) is 5.91 Å². The van der Waals surface area contributed by atoms with Crippen LogP contribution in [0.15, 0.2) is 12.3 Å². The van der Waals surface area contributed by atoms with Gasteiger partial charge in [-0.3, -0.25) is 9.78 Å². The summed E-state index contributed by atoms with van der Waals surface area (Å²) in [6.45, 7) is 5.92. The molecule has 1 saturated heterocycles. The van der Waals surface area contributed by atoms with Gasteiger partial charge < -0.3 is 10.2 Å². The summed E-state index contributed by atoms with van der Waals surface area (Å²) < 4.78 is 0. The number of hydrogen-bond acceptors (Lipinski definition) is 3. The van der Waals surface area contributed by atoms with Gasteiger partial charge >= 0.3 is 0 Å². The van der Waals surface area contributed by atoms with Crippen LogP contribution >= 0.6 is 0 Å². The van der Waals surface area contributed by atoms with Crippen LogP contribution in [0.4, 0.5) is 5.69 Å². The molecule has 0 spiro atoms. The van der Waals surface area contributed by atoms with Crippen molar-refractivity contribution in [2.45, 2.75) is 39.5 Å². The second-order valence-electron chi connectivity index (χ2n) is 5.65. The second-order valence-corrected chi connectivity index (χ2v) is 5.65. The number of anilines is 1. The Balaban J connectivity index is 2.05. The van der Waals surface area contributed by atoms with Crippen LogP contribution in [0.5, 0.6) is 0 Å². The molecule has 2 heterocycles. The number of pyridine rings is 1. The zero-order valence-electron chi connectivity index (χ0n) is 12.8. The number of hydrogen-bond donors (Lipinski definition) is 1. The molecule has 0 aromatic carbocycles. The fourth-order valence-corrected chi connectivity index (χ4v) is 2.94. The molecular weight excluding hydrogens is 250 g/mol. The van der Waals surface area contributed by atoms with Gasteiger partial charge in [0.2, 0.25) is 0 Å². The Kier molecular flexibility index (Phi) is 4.99. The van der Waals surface area contributed by atoms with Crippen LogP contribution in [-0.4, -0.2) is 35.9 Å². The number of piperidine rings is 1. The topological polar surface area (TPSA) is 45.2 Å². The third-order valence-corrected chi connectivity index (χ3v) is 4.14. The number of aryl methyl sites for hydroxylation is 1. The molecule has 4 heteroatoms. The molecule has 1 aliphatic rings. The van der Waals surface area contributed by atoms with Crippen LogP contribution in [0.1, 0.15) is 48.7 Å². The molecule has 1 amide bonds. The molecule has 1 aliphatic heterocycles. The summed E-state index contributed by atoms with van der Waals surface area (Å²) in [5, 5.41) is 3.10. The Morgan fingerprint density at radius 1 is 1.45 bits per heavy atom. The Labute approximate surface area is 121 Å². The van der Waals surface area contributed by atoms with Gasteiger partial charge in [-0.2, -0.15) is 0 Å². The number of carbonyl (C=O) groups is 1. The Hall–Kier alpha value is -1.58. The van der Waals surface area contributed by atoms with Gasteiger partial charge in [-0.05, 0) is 31.7 Å². The number of amides is 1. The van der Waals surface area contributed by atoms with Crippen molar-refractivity contribution in [3.8, 4) is 0 Å². The highest BCUT2D eigenvalue weighted by Crippen LogP contribution is 2.24. The quantitative estimate of drug-likeness (QED) is 0.918. The first-order valence-corrected chi connectivity index (χ1v) is 7.59. The minimum atomic E-state index is 0.108. The van der Waals surface area contributed by atoms with Gasteiger partial charge in [0.1, 0.15) is 0 Å². The number of nitrogens with zero attached hydrogens (tertiary/aromatic N) is 2. The van der Waals surface area contributed by atoms with Crippen LogP contribution in [0.25, 0.3) is 0 Å². The van der Waals surface area contributed by atoms with E-state index in [1.807, 2.05) is 24.9 Å². The van der Waals surface area contributed by atoms with Crippen molar-refractivity contribution < 1.29 is 4.79 Å². The lowest BCUT2D eigenvalue weighted by atomic mass is 9.92. The zero-order valence-corrected chi connectivity index (χ0v) is 12.8. The number of aromatic nitrogens is 1. The van der Waals surface area contributed by atoms with Crippen molar-refractivity contribution in [3.05, 3.63) is 23.5 Å². The summed E-state index contributed by atoms with van der Waals surface area (Å²) in [5.41, 5.74) is 2.48. The summed E-state index contributed by atoms with van der Waals surface area (Å²) >= 11 is 0. The van der Waals surface area contributed by atoms with Crippen molar-refractivity contribution in [1.82, 2.24) is 9.88 Å². The van der Waals surface area contributed by atoms with Gasteiger partial charge in [-0.15, -0.1) is 0 Å². The molecule has 0 radical (unpaired) electrons. The lowest BCUT2D eigenvalue weighted by Crippen LogP contribution is -2.38. The summed E-state index contributed by atoms with van der Waals surface area (Å²) in [6.07, 6.45) is 6.49. The summed E-state index contributed by atoms with van der Waals surface area (Å²) in [4.78, 5) is 18.8. The molecule has 1 aromatic heterocycles. The van der Waals surface area contributed by atoms with Gasteiger partial charge in [-0.1, -0.05) is 19.8 Å². The molecule has 1 fully saturated rings. The first-order valence-electron chi connectivity index (χ1n) is 7.59. The Bertz CT molecular complexity index is 465. The highest BCUT2D eigenvalue weighted by atomic mass is 16.2. The molecular formula is C16H25N3O. The third kappa shape index (κ3) is 3.30. The number of rotatable bonds is 4. The van der Waals surface area contributed by atoms with Gasteiger partial charge in [0, 0.05) is 32.0 Å². The first-order chi connectivity index (χ1) is 9.65. The van der Waals surface area contributed by atoms with Crippen molar-refractivity contribution in [2.24, 2.45) is 5.92 Å². The van der Waals surface area contributed by atoms with Gasteiger partial charge in [0.15, 0.2) is 0 Å². The predicted molar refractivity (Wildman–Crippen MR) is 82.1 cm³/mol. The molecule has 4 nitrogen and oxygen atoms in total. The fourth-order valence-electron chi connectivity index (χ4n) is 2.94. The Morgan fingerprint density at radius 3 is 2.75 bits per heavy atom. The van der Waals surface area contributed by atoms with Crippen LogP contribution < -0.4 is 5.32 Å². The summed E-state index contributed by atoms with van der Waals surface area (Å²) in [7, 11) is 1.85. The lowest BCUT2D eigenvalue weighted by molar-refractivity contribution is 0.0687. The van der Waals surface area contributed by atoms with Crippen LogP contribution in [0.3, 0.4) is 0 Å². The van der Waals surface area contributed by atoms with E-state index in [2.05, 4.69) is 17.2 Å². The van der Waals surface area contributed by atoms with Gasteiger partial charge in [-0.25, -0.2) is 0 Å². The maximum atomic E-state index is 12.6. The highest BCUT2D eigenvalue weighted by Gasteiger charge is 2.24. The van der Waals surface area contributed by atoms with Crippen molar-refractivity contribution >= 4 is 11.6 Å². The minimum absolute atomic E-state index is 0.108. The Morgan fingerprint density at radius 2 is 2.15 bits per heavy atom. The van der Waals surface area contributed by atoms with Crippen LogP contribution in [-0.2, 0) is 0 Å². The van der Waals surface area contributed by atoms with E-state index in [0.29, 0.717) is 5.56 Å². The molecule has 20 heavy (non-hydrogen) atoms. The van der Waals surface area contributed by atoms with E-state index in [-0.39, 0.29) is 5.91 Å². The fraction of sp³-hybridized carbons (Fsp3) is 0.625. The van der Waals surface area contributed by atoms with Crippen LogP contribution in [0.2, 0.25) is 0 Å². The lowest BCUT2D eigenvalue weighted by Gasteiger charge is -2.32. The molecule has 1 aromatic rings. The average molecular weight is 275 g/mol. The molecule has 0 saturated carbocycles. The normalized spacial score (nSPS) is 16.2.